The first kappa shape index (κ1) is 13.3. The largest absolute Gasteiger partial charge is 0.352 e. The molecule has 3 nitrogen and oxygen atoms in total. The number of halogens is 2. The molecule has 0 radical (unpaired) electrons. The van der Waals surface area contributed by atoms with Gasteiger partial charge in [0, 0.05) is 18.2 Å². The predicted octanol–water partition coefficient (Wildman–Crippen LogP) is 2.22. The Morgan fingerprint density at radius 1 is 1.50 bits per heavy atom. The van der Waals surface area contributed by atoms with Crippen LogP contribution in [0.15, 0.2) is 18.2 Å². The van der Waals surface area contributed by atoms with Gasteiger partial charge in [0.05, 0.1) is 10.9 Å². The van der Waals surface area contributed by atoms with E-state index in [1.807, 2.05) is 0 Å². The van der Waals surface area contributed by atoms with Gasteiger partial charge in [-0.15, -0.1) is 0 Å². The Morgan fingerprint density at radius 2 is 2.28 bits per heavy atom. The summed E-state index contributed by atoms with van der Waals surface area (Å²) in [7, 11) is 0. The smallest absolute Gasteiger partial charge is 0.224 e. The fraction of sp³-hybridized carbons (Fsp3) is 0.462. The standard InChI is InChI=1S/C13H16ClFN2O/c14-10-5-1-3-8(12(10)15)7-17-13(18)9-4-2-6-11(9)16/h1,3,5,9,11H,2,4,6-7,16H2,(H,17,18)/t9-,11-/m1/s1. The minimum atomic E-state index is -0.477. The van der Waals surface area contributed by atoms with Gasteiger partial charge in [-0.3, -0.25) is 4.79 Å². The lowest BCUT2D eigenvalue weighted by Gasteiger charge is -2.15. The molecule has 0 unspecified atom stereocenters. The Labute approximate surface area is 111 Å². The quantitative estimate of drug-likeness (QED) is 0.885. The highest BCUT2D eigenvalue weighted by Crippen LogP contribution is 2.24. The maximum Gasteiger partial charge on any atom is 0.224 e. The van der Waals surface area contributed by atoms with E-state index in [-0.39, 0.29) is 29.4 Å². The highest BCUT2D eigenvalue weighted by atomic mass is 35.5. The van der Waals surface area contributed by atoms with Crippen molar-refractivity contribution in [2.75, 3.05) is 0 Å². The van der Waals surface area contributed by atoms with Crippen molar-refractivity contribution in [1.82, 2.24) is 5.32 Å². The third kappa shape index (κ3) is 2.82. The van der Waals surface area contributed by atoms with Crippen LogP contribution in [0.3, 0.4) is 0 Å². The average molecular weight is 271 g/mol. The number of hydrogen-bond donors (Lipinski definition) is 2. The fourth-order valence-corrected chi connectivity index (χ4v) is 2.51. The highest BCUT2D eigenvalue weighted by molar-refractivity contribution is 6.30. The summed E-state index contributed by atoms with van der Waals surface area (Å²) >= 11 is 5.67. The van der Waals surface area contributed by atoms with Gasteiger partial charge in [-0.05, 0) is 18.9 Å². The van der Waals surface area contributed by atoms with E-state index in [2.05, 4.69) is 5.32 Å². The molecule has 0 aliphatic heterocycles. The summed E-state index contributed by atoms with van der Waals surface area (Å²) < 4.78 is 13.6. The third-order valence-electron chi connectivity index (χ3n) is 3.39. The molecule has 0 bridgehead atoms. The second-order valence-electron chi connectivity index (χ2n) is 4.63. The normalized spacial score (nSPS) is 23.1. The first-order valence-electron chi connectivity index (χ1n) is 6.06. The van der Waals surface area contributed by atoms with Crippen LogP contribution in [-0.2, 0) is 11.3 Å². The Hall–Kier alpha value is -1.13. The summed E-state index contributed by atoms with van der Waals surface area (Å²) in [5.74, 6) is -0.721. The van der Waals surface area contributed by atoms with Crippen molar-refractivity contribution in [3.63, 3.8) is 0 Å². The zero-order valence-corrected chi connectivity index (χ0v) is 10.7. The molecule has 98 valence electrons. The molecule has 2 atom stereocenters. The predicted molar refractivity (Wildman–Crippen MR) is 68.6 cm³/mol. The zero-order chi connectivity index (χ0) is 13.1. The second-order valence-corrected chi connectivity index (χ2v) is 5.04. The molecule has 18 heavy (non-hydrogen) atoms. The molecule has 2 rings (SSSR count). The van der Waals surface area contributed by atoms with Crippen LogP contribution in [0.1, 0.15) is 24.8 Å². The topological polar surface area (TPSA) is 55.1 Å². The van der Waals surface area contributed by atoms with E-state index in [0.717, 1.165) is 19.3 Å². The highest BCUT2D eigenvalue weighted by Gasteiger charge is 2.29. The lowest BCUT2D eigenvalue weighted by atomic mass is 10.0. The molecule has 1 amide bonds. The number of hydrogen-bond acceptors (Lipinski definition) is 2. The van der Waals surface area contributed by atoms with Gasteiger partial charge in [-0.25, -0.2) is 4.39 Å². The van der Waals surface area contributed by atoms with Crippen molar-refractivity contribution in [2.45, 2.75) is 31.8 Å². The monoisotopic (exact) mass is 270 g/mol. The number of carbonyl (C=O) groups is 1. The molecule has 0 saturated heterocycles. The number of nitrogens with one attached hydrogen (secondary N) is 1. The van der Waals surface area contributed by atoms with Gasteiger partial charge < -0.3 is 11.1 Å². The average Bonchev–Trinajstić information content (AvgIpc) is 2.77. The van der Waals surface area contributed by atoms with Crippen molar-refractivity contribution < 1.29 is 9.18 Å². The van der Waals surface area contributed by atoms with E-state index in [1.165, 1.54) is 6.07 Å². The summed E-state index contributed by atoms with van der Waals surface area (Å²) in [5.41, 5.74) is 6.24. The first-order chi connectivity index (χ1) is 8.59. The summed E-state index contributed by atoms with van der Waals surface area (Å²) in [4.78, 5) is 11.9. The van der Waals surface area contributed by atoms with Crippen LogP contribution in [-0.4, -0.2) is 11.9 Å². The molecular weight excluding hydrogens is 255 g/mol. The molecule has 1 aliphatic carbocycles. The number of nitrogens with two attached hydrogens (primary N) is 1. The molecule has 0 heterocycles. The minimum Gasteiger partial charge on any atom is -0.352 e. The summed E-state index contributed by atoms with van der Waals surface area (Å²) in [6.07, 6.45) is 2.67. The summed E-state index contributed by atoms with van der Waals surface area (Å²) in [6, 6.07) is 4.67. The maximum atomic E-state index is 13.6. The van der Waals surface area contributed by atoms with Gasteiger partial charge in [0.2, 0.25) is 5.91 Å². The molecule has 1 fully saturated rings. The third-order valence-corrected chi connectivity index (χ3v) is 3.68. The zero-order valence-electron chi connectivity index (χ0n) is 9.96. The van der Waals surface area contributed by atoms with Crippen LogP contribution in [0.5, 0.6) is 0 Å². The van der Waals surface area contributed by atoms with Gasteiger partial charge in [-0.2, -0.15) is 0 Å². The van der Waals surface area contributed by atoms with Gasteiger partial charge in [0.1, 0.15) is 5.82 Å². The van der Waals surface area contributed by atoms with Crippen LogP contribution in [0.4, 0.5) is 4.39 Å². The van der Waals surface area contributed by atoms with Crippen LogP contribution in [0.2, 0.25) is 5.02 Å². The van der Waals surface area contributed by atoms with Crippen LogP contribution >= 0.6 is 11.6 Å². The van der Waals surface area contributed by atoms with Crippen molar-refractivity contribution in [1.29, 1.82) is 0 Å². The van der Waals surface area contributed by atoms with E-state index in [4.69, 9.17) is 17.3 Å². The van der Waals surface area contributed by atoms with E-state index in [0.29, 0.717) is 5.56 Å². The summed E-state index contributed by atoms with van der Waals surface area (Å²) in [6.45, 7) is 0.147. The number of amides is 1. The Kier molecular flexibility index (Phi) is 4.19. The van der Waals surface area contributed by atoms with Crippen LogP contribution in [0, 0.1) is 11.7 Å². The molecule has 5 heteroatoms. The molecule has 1 saturated carbocycles. The van der Waals surface area contributed by atoms with Gasteiger partial charge in [0.25, 0.3) is 0 Å². The van der Waals surface area contributed by atoms with Crippen LogP contribution in [0.25, 0.3) is 0 Å². The fourth-order valence-electron chi connectivity index (χ4n) is 2.31. The molecule has 1 aromatic rings. The summed E-state index contributed by atoms with van der Waals surface area (Å²) in [5, 5.41) is 2.79. The minimum absolute atomic E-state index is 0.0688. The maximum absolute atomic E-state index is 13.6. The molecule has 0 spiro atoms. The van der Waals surface area contributed by atoms with E-state index in [1.54, 1.807) is 12.1 Å². The lowest BCUT2D eigenvalue weighted by Crippen LogP contribution is -2.38. The number of benzene rings is 1. The first-order valence-corrected chi connectivity index (χ1v) is 6.43. The molecular formula is C13H16ClFN2O. The molecule has 1 aliphatic rings. The molecule has 0 aromatic heterocycles. The van der Waals surface area contributed by atoms with Gasteiger partial charge >= 0.3 is 0 Å². The van der Waals surface area contributed by atoms with Gasteiger partial charge in [0.15, 0.2) is 0 Å². The van der Waals surface area contributed by atoms with E-state index in [9.17, 15) is 9.18 Å². The van der Waals surface area contributed by atoms with Crippen molar-refractivity contribution in [3.8, 4) is 0 Å². The second kappa shape index (κ2) is 5.67. The Balaban J connectivity index is 1.95. The molecule has 1 aromatic carbocycles. The SMILES string of the molecule is N[C@@H]1CCC[C@H]1C(=O)NCc1cccc(Cl)c1F. The van der Waals surface area contributed by atoms with E-state index < -0.39 is 5.82 Å². The van der Waals surface area contributed by atoms with Gasteiger partial charge in [-0.1, -0.05) is 30.2 Å². The lowest BCUT2D eigenvalue weighted by molar-refractivity contribution is -0.125. The van der Waals surface area contributed by atoms with Crippen molar-refractivity contribution >= 4 is 17.5 Å². The Bertz CT molecular complexity index is 453. The number of carbonyl (C=O) groups excluding carboxylic acids is 1. The number of rotatable bonds is 3. The Morgan fingerprint density at radius 3 is 2.94 bits per heavy atom. The van der Waals surface area contributed by atoms with Crippen molar-refractivity contribution in [3.05, 3.63) is 34.6 Å². The van der Waals surface area contributed by atoms with Crippen LogP contribution < -0.4 is 11.1 Å². The van der Waals surface area contributed by atoms with E-state index >= 15 is 0 Å². The molecule has 3 N–H and O–H groups in total. The van der Waals surface area contributed by atoms with Crippen molar-refractivity contribution in [2.24, 2.45) is 11.7 Å².